The van der Waals surface area contributed by atoms with Crippen LogP contribution in [0.5, 0.6) is 0 Å². The molecule has 4 rings (SSSR count). The van der Waals surface area contributed by atoms with Crippen LogP contribution in [0.15, 0.2) is 52.1 Å². The second-order valence-electron chi connectivity index (χ2n) is 6.84. The maximum atomic E-state index is 12.8. The van der Waals surface area contributed by atoms with Crippen molar-refractivity contribution in [1.82, 2.24) is 15.1 Å². The zero-order chi connectivity index (χ0) is 21.1. The van der Waals surface area contributed by atoms with Gasteiger partial charge >= 0.3 is 0 Å². The molecule has 158 valence electrons. The summed E-state index contributed by atoms with van der Waals surface area (Å²) in [5.74, 6) is 0.00260. The van der Waals surface area contributed by atoms with Gasteiger partial charge in [0.2, 0.25) is 5.09 Å². The molecule has 1 saturated heterocycles. The molecule has 10 heteroatoms. The quantitative estimate of drug-likeness (QED) is 0.620. The van der Waals surface area contributed by atoms with Crippen molar-refractivity contribution < 1.29 is 22.4 Å². The molecule has 3 heterocycles. The van der Waals surface area contributed by atoms with E-state index in [4.69, 9.17) is 9.15 Å². The Hall–Kier alpha value is -3.11. The fourth-order valence-electron chi connectivity index (χ4n) is 3.19. The summed E-state index contributed by atoms with van der Waals surface area (Å²) < 4.78 is 38.7. The Morgan fingerprint density at radius 3 is 2.60 bits per heavy atom. The zero-order valence-electron chi connectivity index (χ0n) is 16.4. The SMILES string of the molecule is CCc1ccc(NS(=O)(=O)c2ccc(-c3[nH]ncc3C(=O)N3CCOCC3)o2)cc1. The van der Waals surface area contributed by atoms with E-state index in [0.717, 1.165) is 12.0 Å². The highest BCUT2D eigenvalue weighted by Gasteiger charge is 2.26. The number of hydrogen-bond acceptors (Lipinski definition) is 6. The Morgan fingerprint density at radius 1 is 1.17 bits per heavy atom. The first kappa shape index (κ1) is 20.2. The number of carbonyl (C=O) groups is 1. The van der Waals surface area contributed by atoms with E-state index < -0.39 is 10.0 Å². The predicted octanol–water partition coefficient (Wildman–Crippen LogP) is 2.51. The second-order valence-corrected chi connectivity index (χ2v) is 8.45. The standard InChI is InChI=1S/C20H22N4O5S/c1-2-14-3-5-15(6-4-14)23-30(26,27)18-8-7-17(29-18)19-16(13-21-22-19)20(25)24-9-11-28-12-10-24/h3-8,13,23H,2,9-12H2,1H3,(H,21,22). The molecular weight excluding hydrogens is 408 g/mol. The van der Waals surface area contributed by atoms with Crippen molar-refractivity contribution in [3.63, 3.8) is 0 Å². The highest BCUT2D eigenvalue weighted by Crippen LogP contribution is 2.28. The van der Waals surface area contributed by atoms with Crippen molar-refractivity contribution in [3.05, 3.63) is 53.7 Å². The van der Waals surface area contributed by atoms with Crippen LogP contribution in [0.25, 0.3) is 11.5 Å². The van der Waals surface area contributed by atoms with Gasteiger partial charge < -0.3 is 14.1 Å². The number of aromatic amines is 1. The predicted molar refractivity (Wildman–Crippen MR) is 110 cm³/mol. The van der Waals surface area contributed by atoms with Crippen LogP contribution in [-0.4, -0.2) is 55.7 Å². The summed E-state index contributed by atoms with van der Waals surface area (Å²) >= 11 is 0. The van der Waals surface area contributed by atoms with Crippen molar-refractivity contribution in [3.8, 4) is 11.5 Å². The Morgan fingerprint density at radius 2 is 1.90 bits per heavy atom. The van der Waals surface area contributed by atoms with Gasteiger partial charge in [-0.05, 0) is 36.2 Å². The monoisotopic (exact) mass is 430 g/mol. The van der Waals surface area contributed by atoms with Gasteiger partial charge in [0.25, 0.3) is 15.9 Å². The van der Waals surface area contributed by atoms with Gasteiger partial charge in [-0.15, -0.1) is 0 Å². The Labute approximate surface area is 174 Å². The molecule has 0 atom stereocenters. The van der Waals surface area contributed by atoms with Crippen LogP contribution < -0.4 is 4.72 Å². The van der Waals surface area contributed by atoms with Gasteiger partial charge in [-0.1, -0.05) is 19.1 Å². The van der Waals surface area contributed by atoms with Crippen LogP contribution in [0.2, 0.25) is 0 Å². The molecule has 30 heavy (non-hydrogen) atoms. The Kier molecular flexibility index (Phi) is 5.60. The fraction of sp³-hybridized carbons (Fsp3) is 0.300. The van der Waals surface area contributed by atoms with E-state index in [1.807, 2.05) is 19.1 Å². The first-order valence-corrected chi connectivity index (χ1v) is 11.1. The van der Waals surface area contributed by atoms with E-state index in [0.29, 0.717) is 43.2 Å². The Balaban J connectivity index is 1.55. The van der Waals surface area contributed by atoms with E-state index >= 15 is 0 Å². The molecule has 0 aliphatic carbocycles. The molecule has 1 aliphatic rings. The lowest BCUT2D eigenvalue weighted by molar-refractivity contribution is 0.0303. The van der Waals surface area contributed by atoms with E-state index in [9.17, 15) is 13.2 Å². The molecular formula is C20H22N4O5S. The van der Waals surface area contributed by atoms with Crippen molar-refractivity contribution in [2.75, 3.05) is 31.0 Å². The minimum atomic E-state index is -3.92. The van der Waals surface area contributed by atoms with E-state index in [1.165, 1.54) is 18.3 Å². The molecule has 0 bridgehead atoms. The minimum absolute atomic E-state index is 0.211. The largest absolute Gasteiger partial charge is 0.441 e. The Bertz CT molecular complexity index is 1130. The lowest BCUT2D eigenvalue weighted by atomic mass is 10.2. The normalized spacial score (nSPS) is 14.6. The number of benzene rings is 1. The van der Waals surface area contributed by atoms with Crippen molar-refractivity contribution in [2.45, 2.75) is 18.4 Å². The molecule has 1 aromatic carbocycles. The molecule has 1 aliphatic heterocycles. The van der Waals surface area contributed by atoms with Crippen LogP contribution in [-0.2, 0) is 21.2 Å². The van der Waals surface area contributed by atoms with Gasteiger partial charge in [0.1, 0.15) is 5.69 Å². The molecule has 2 aromatic heterocycles. The molecule has 0 saturated carbocycles. The number of morpholine rings is 1. The molecule has 2 N–H and O–H groups in total. The number of ether oxygens (including phenoxy) is 1. The zero-order valence-corrected chi connectivity index (χ0v) is 17.2. The topological polar surface area (TPSA) is 118 Å². The van der Waals surface area contributed by atoms with Gasteiger partial charge in [0.05, 0.1) is 25.0 Å². The number of H-pyrrole nitrogens is 1. The third-order valence-corrected chi connectivity index (χ3v) is 6.13. The number of rotatable bonds is 6. The minimum Gasteiger partial charge on any atom is -0.441 e. The molecule has 3 aromatic rings. The first-order valence-electron chi connectivity index (χ1n) is 9.60. The fourth-order valence-corrected chi connectivity index (χ4v) is 4.18. The number of sulfonamides is 1. The number of anilines is 1. The average Bonchev–Trinajstić information content (AvgIpc) is 3.44. The third kappa shape index (κ3) is 4.10. The van der Waals surface area contributed by atoms with E-state index in [2.05, 4.69) is 14.9 Å². The van der Waals surface area contributed by atoms with Crippen LogP contribution in [0.3, 0.4) is 0 Å². The second kappa shape index (κ2) is 8.33. The van der Waals surface area contributed by atoms with E-state index in [-0.39, 0.29) is 16.8 Å². The molecule has 1 fully saturated rings. The maximum absolute atomic E-state index is 12.8. The molecule has 1 amide bonds. The number of furan rings is 1. The van der Waals surface area contributed by atoms with Crippen molar-refractivity contribution in [1.29, 1.82) is 0 Å². The number of carbonyl (C=O) groups excluding carboxylic acids is 1. The summed E-state index contributed by atoms with van der Waals surface area (Å²) in [6, 6.07) is 9.97. The lowest BCUT2D eigenvalue weighted by Crippen LogP contribution is -2.40. The van der Waals surface area contributed by atoms with Crippen LogP contribution >= 0.6 is 0 Å². The van der Waals surface area contributed by atoms with E-state index in [1.54, 1.807) is 17.0 Å². The van der Waals surface area contributed by atoms with Crippen LogP contribution in [0.4, 0.5) is 5.69 Å². The maximum Gasteiger partial charge on any atom is 0.295 e. The number of nitrogens with one attached hydrogen (secondary N) is 2. The van der Waals surface area contributed by atoms with Crippen LogP contribution in [0, 0.1) is 0 Å². The number of aryl methyl sites for hydroxylation is 1. The van der Waals surface area contributed by atoms with Crippen molar-refractivity contribution >= 4 is 21.6 Å². The number of aromatic nitrogens is 2. The molecule has 0 unspecified atom stereocenters. The smallest absolute Gasteiger partial charge is 0.295 e. The van der Waals surface area contributed by atoms with Gasteiger partial charge in [-0.25, -0.2) is 0 Å². The molecule has 0 radical (unpaired) electrons. The summed E-state index contributed by atoms with van der Waals surface area (Å²) in [5, 5.41) is 6.42. The highest BCUT2D eigenvalue weighted by molar-refractivity contribution is 7.92. The summed E-state index contributed by atoms with van der Waals surface area (Å²) in [7, 11) is -3.92. The summed E-state index contributed by atoms with van der Waals surface area (Å²) in [4.78, 5) is 14.5. The van der Waals surface area contributed by atoms with Gasteiger partial charge in [-0.2, -0.15) is 13.5 Å². The van der Waals surface area contributed by atoms with Crippen LogP contribution in [0.1, 0.15) is 22.8 Å². The lowest BCUT2D eigenvalue weighted by Gasteiger charge is -2.26. The molecule has 0 spiro atoms. The van der Waals surface area contributed by atoms with Gasteiger partial charge in [0.15, 0.2) is 5.76 Å². The van der Waals surface area contributed by atoms with Crippen molar-refractivity contribution in [2.24, 2.45) is 0 Å². The third-order valence-electron chi connectivity index (χ3n) is 4.88. The van der Waals surface area contributed by atoms with Gasteiger partial charge in [0, 0.05) is 18.8 Å². The average molecular weight is 430 g/mol. The molecule has 9 nitrogen and oxygen atoms in total. The highest BCUT2D eigenvalue weighted by atomic mass is 32.2. The first-order chi connectivity index (χ1) is 14.5. The van der Waals surface area contributed by atoms with Gasteiger partial charge in [-0.3, -0.25) is 14.6 Å². The number of amides is 1. The summed E-state index contributed by atoms with van der Waals surface area (Å²) in [6.45, 7) is 3.96. The number of nitrogens with zero attached hydrogens (tertiary/aromatic N) is 2. The summed E-state index contributed by atoms with van der Waals surface area (Å²) in [5.41, 5.74) is 2.20. The summed E-state index contributed by atoms with van der Waals surface area (Å²) in [6.07, 6.45) is 2.28. The number of hydrogen-bond donors (Lipinski definition) is 2.